The highest BCUT2D eigenvalue weighted by Crippen LogP contribution is 2.23. The van der Waals surface area contributed by atoms with Gasteiger partial charge >= 0.3 is 0 Å². The molecule has 1 aromatic heterocycles. The Hall–Kier alpha value is -1.32. The van der Waals surface area contributed by atoms with Crippen LogP contribution in [0.1, 0.15) is 17.3 Å². The number of nitrogen functional groups attached to an aromatic ring is 1. The normalized spacial score (nSPS) is 19.3. The number of nitrogens with one attached hydrogen (secondary N) is 1. The SMILES string of the molecule is CCS(=O)(=O)C1CSCCN1C(=O)c1ccnc(NN)c1. The van der Waals surface area contributed by atoms with E-state index in [2.05, 4.69) is 10.4 Å². The Morgan fingerprint density at radius 2 is 2.38 bits per heavy atom. The van der Waals surface area contributed by atoms with Gasteiger partial charge < -0.3 is 10.3 Å². The molecular weight excluding hydrogens is 312 g/mol. The van der Waals surface area contributed by atoms with Crippen LogP contribution in [0.25, 0.3) is 0 Å². The molecular formula is C12H18N4O3S2. The number of hydrogen-bond acceptors (Lipinski definition) is 7. The molecule has 2 heterocycles. The number of sulfone groups is 1. The molecule has 0 radical (unpaired) electrons. The highest BCUT2D eigenvalue weighted by atomic mass is 32.2. The second-order valence-corrected chi connectivity index (χ2v) is 8.15. The van der Waals surface area contributed by atoms with E-state index >= 15 is 0 Å². The highest BCUT2D eigenvalue weighted by Gasteiger charge is 2.36. The fourth-order valence-corrected chi connectivity index (χ4v) is 5.08. The van der Waals surface area contributed by atoms with Crippen LogP contribution in [0, 0.1) is 0 Å². The molecule has 21 heavy (non-hydrogen) atoms. The maximum Gasteiger partial charge on any atom is 0.255 e. The van der Waals surface area contributed by atoms with E-state index in [1.807, 2.05) is 0 Å². The Bertz CT molecular complexity index is 621. The largest absolute Gasteiger partial charge is 0.320 e. The van der Waals surface area contributed by atoms with Crippen molar-refractivity contribution >= 4 is 33.3 Å². The van der Waals surface area contributed by atoms with E-state index in [9.17, 15) is 13.2 Å². The number of nitrogens with two attached hydrogens (primary N) is 1. The van der Waals surface area contributed by atoms with Gasteiger partial charge in [-0.05, 0) is 12.1 Å². The Morgan fingerprint density at radius 3 is 3.05 bits per heavy atom. The van der Waals surface area contributed by atoms with Gasteiger partial charge in [-0.1, -0.05) is 6.92 Å². The van der Waals surface area contributed by atoms with Crippen molar-refractivity contribution in [3.05, 3.63) is 23.9 Å². The first-order valence-corrected chi connectivity index (χ1v) is 9.39. The first-order chi connectivity index (χ1) is 9.99. The molecule has 1 saturated heterocycles. The number of hydrazine groups is 1. The zero-order valence-electron chi connectivity index (χ0n) is 11.7. The molecule has 0 saturated carbocycles. The van der Waals surface area contributed by atoms with Gasteiger partial charge in [0.25, 0.3) is 5.91 Å². The third-order valence-electron chi connectivity index (χ3n) is 3.32. The van der Waals surface area contributed by atoms with Crippen LogP contribution in [-0.2, 0) is 9.84 Å². The quantitative estimate of drug-likeness (QED) is 0.605. The van der Waals surface area contributed by atoms with Crippen molar-refractivity contribution in [3.63, 3.8) is 0 Å². The van der Waals surface area contributed by atoms with Crippen LogP contribution < -0.4 is 11.3 Å². The Morgan fingerprint density at radius 1 is 1.62 bits per heavy atom. The molecule has 0 aliphatic carbocycles. The van der Waals surface area contributed by atoms with E-state index in [0.717, 1.165) is 5.75 Å². The molecule has 116 valence electrons. The third kappa shape index (κ3) is 3.47. The molecule has 1 aliphatic rings. The minimum atomic E-state index is -3.31. The van der Waals surface area contributed by atoms with Crippen LogP contribution in [0.15, 0.2) is 18.3 Å². The average molecular weight is 330 g/mol. The van der Waals surface area contributed by atoms with Gasteiger partial charge in [-0.15, -0.1) is 0 Å². The predicted molar refractivity (Wildman–Crippen MR) is 83.7 cm³/mol. The van der Waals surface area contributed by atoms with Gasteiger partial charge in [-0.2, -0.15) is 11.8 Å². The molecule has 2 rings (SSSR count). The molecule has 9 heteroatoms. The van der Waals surface area contributed by atoms with Crippen molar-refractivity contribution in [2.24, 2.45) is 5.84 Å². The molecule has 7 nitrogen and oxygen atoms in total. The van der Waals surface area contributed by atoms with Crippen molar-refractivity contribution in [3.8, 4) is 0 Å². The molecule has 1 amide bonds. The van der Waals surface area contributed by atoms with Gasteiger partial charge in [0.05, 0.1) is 0 Å². The summed E-state index contributed by atoms with van der Waals surface area (Å²) < 4.78 is 24.3. The van der Waals surface area contributed by atoms with Crippen LogP contribution >= 0.6 is 11.8 Å². The minimum absolute atomic E-state index is 0.0218. The summed E-state index contributed by atoms with van der Waals surface area (Å²) in [5, 5.41) is -0.767. The first-order valence-electron chi connectivity index (χ1n) is 6.52. The summed E-state index contributed by atoms with van der Waals surface area (Å²) in [6, 6.07) is 3.07. The molecule has 0 spiro atoms. The molecule has 1 aromatic rings. The summed E-state index contributed by atoms with van der Waals surface area (Å²) in [5.74, 6) is 6.50. The molecule has 0 bridgehead atoms. The van der Waals surface area contributed by atoms with Gasteiger partial charge in [0, 0.05) is 35.6 Å². The molecule has 1 fully saturated rings. The average Bonchev–Trinajstić information content (AvgIpc) is 2.54. The van der Waals surface area contributed by atoms with Crippen LogP contribution in [0.4, 0.5) is 5.82 Å². The second kappa shape index (κ2) is 6.63. The summed E-state index contributed by atoms with van der Waals surface area (Å²) in [6.07, 6.45) is 1.46. The minimum Gasteiger partial charge on any atom is -0.320 e. The van der Waals surface area contributed by atoms with E-state index in [0.29, 0.717) is 23.7 Å². The molecule has 1 aliphatic heterocycles. The van der Waals surface area contributed by atoms with Gasteiger partial charge in [-0.25, -0.2) is 19.2 Å². The van der Waals surface area contributed by atoms with Crippen LogP contribution in [0.3, 0.4) is 0 Å². The van der Waals surface area contributed by atoms with Gasteiger partial charge in [0.2, 0.25) is 0 Å². The van der Waals surface area contributed by atoms with Gasteiger partial charge in [0.1, 0.15) is 11.2 Å². The second-order valence-electron chi connectivity index (χ2n) is 4.55. The smallest absolute Gasteiger partial charge is 0.255 e. The number of aromatic nitrogens is 1. The van der Waals surface area contributed by atoms with Crippen LogP contribution in [-0.4, -0.2) is 53.4 Å². The van der Waals surface area contributed by atoms with Crippen molar-refractivity contribution in [1.29, 1.82) is 0 Å². The lowest BCUT2D eigenvalue weighted by atomic mass is 10.2. The van der Waals surface area contributed by atoms with Crippen molar-refractivity contribution in [2.45, 2.75) is 12.3 Å². The predicted octanol–water partition coefficient (Wildman–Crippen LogP) is 0.317. The Balaban J connectivity index is 2.30. The van der Waals surface area contributed by atoms with E-state index in [1.165, 1.54) is 17.2 Å². The van der Waals surface area contributed by atoms with Gasteiger partial charge in [-0.3, -0.25) is 4.79 Å². The summed E-state index contributed by atoms with van der Waals surface area (Å²) in [6.45, 7) is 2.02. The van der Waals surface area contributed by atoms with Crippen molar-refractivity contribution in [2.75, 3.05) is 29.2 Å². The van der Waals surface area contributed by atoms with Crippen LogP contribution in [0.5, 0.6) is 0 Å². The number of pyridine rings is 1. The van der Waals surface area contributed by atoms with E-state index in [4.69, 9.17) is 5.84 Å². The van der Waals surface area contributed by atoms with E-state index < -0.39 is 15.2 Å². The third-order valence-corrected chi connectivity index (χ3v) is 6.61. The molecule has 3 N–H and O–H groups in total. The van der Waals surface area contributed by atoms with E-state index in [1.54, 1.807) is 24.8 Å². The number of amides is 1. The highest BCUT2D eigenvalue weighted by molar-refractivity contribution is 8.01. The number of rotatable bonds is 4. The zero-order chi connectivity index (χ0) is 15.5. The molecule has 1 unspecified atom stereocenters. The fourth-order valence-electron chi connectivity index (χ4n) is 2.11. The number of hydrogen-bond donors (Lipinski definition) is 2. The van der Waals surface area contributed by atoms with Crippen LogP contribution in [0.2, 0.25) is 0 Å². The molecule has 1 atom stereocenters. The fraction of sp³-hybridized carbons (Fsp3) is 0.500. The van der Waals surface area contributed by atoms with Gasteiger partial charge in [0.15, 0.2) is 9.84 Å². The number of thioether (sulfide) groups is 1. The lowest BCUT2D eigenvalue weighted by Crippen LogP contribution is -2.50. The maximum atomic E-state index is 12.6. The Kier molecular flexibility index (Phi) is 5.07. The standard InChI is InChI=1S/C12H18N4O3S2/c1-2-21(18,19)11-8-20-6-5-16(11)12(17)9-3-4-14-10(7-9)15-13/h3-4,7,11H,2,5-6,8,13H2,1H3,(H,14,15). The number of carbonyl (C=O) groups is 1. The first kappa shape index (κ1) is 16.1. The maximum absolute atomic E-state index is 12.6. The van der Waals surface area contributed by atoms with Crippen molar-refractivity contribution < 1.29 is 13.2 Å². The monoisotopic (exact) mass is 330 g/mol. The summed E-state index contributed by atoms with van der Waals surface area (Å²) in [5.41, 5.74) is 2.75. The Labute approximate surface area is 128 Å². The summed E-state index contributed by atoms with van der Waals surface area (Å²) in [4.78, 5) is 18.0. The number of anilines is 1. The summed E-state index contributed by atoms with van der Waals surface area (Å²) >= 11 is 1.55. The zero-order valence-corrected chi connectivity index (χ0v) is 13.3. The van der Waals surface area contributed by atoms with Crippen molar-refractivity contribution in [1.82, 2.24) is 9.88 Å². The number of nitrogens with zero attached hydrogens (tertiary/aromatic N) is 2. The summed E-state index contributed by atoms with van der Waals surface area (Å²) in [7, 11) is -3.31. The molecule has 0 aromatic carbocycles. The lowest BCUT2D eigenvalue weighted by Gasteiger charge is -2.34. The van der Waals surface area contributed by atoms with E-state index in [-0.39, 0.29) is 11.7 Å². The lowest BCUT2D eigenvalue weighted by molar-refractivity contribution is 0.0749. The topological polar surface area (TPSA) is 105 Å². The number of carbonyl (C=O) groups excluding carboxylic acids is 1.